The number of hydrogen-bond acceptors (Lipinski definition) is 4. The molecule has 0 aliphatic carbocycles. The van der Waals surface area contributed by atoms with Crippen molar-refractivity contribution in [2.24, 2.45) is 0 Å². The number of nitrogens with zero attached hydrogens (tertiary/aromatic N) is 1. The zero-order valence-corrected chi connectivity index (χ0v) is 15.4. The van der Waals surface area contributed by atoms with Gasteiger partial charge in [-0.25, -0.2) is 0 Å². The lowest BCUT2D eigenvalue weighted by atomic mass is 10.1. The van der Waals surface area contributed by atoms with Crippen molar-refractivity contribution < 1.29 is 24.2 Å². The molecule has 0 bridgehead atoms. The van der Waals surface area contributed by atoms with E-state index in [0.717, 1.165) is 0 Å². The molecule has 1 aromatic rings. The molecule has 0 spiro atoms. The van der Waals surface area contributed by atoms with Crippen molar-refractivity contribution in [1.82, 2.24) is 4.90 Å². The Hall–Kier alpha value is -1.50. The summed E-state index contributed by atoms with van der Waals surface area (Å²) >= 11 is 12.1. The van der Waals surface area contributed by atoms with Crippen LogP contribution in [0.15, 0.2) is 18.2 Å². The molecule has 138 valence electrons. The SMILES string of the molecule is CC(Oc1cccc(Cl)c1Cl)C(=O)N(CCC(=O)O)C1CCOCC1. The first kappa shape index (κ1) is 19.8. The molecule has 1 saturated heterocycles. The molecule has 0 radical (unpaired) electrons. The van der Waals surface area contributed by atoms with Crippen LogP contribution in [0.25, 0.3) is 0 Å². The molecule has 2 rings (SSSR count). The first-order valence-corrected chi connectivity index (χ1v) is 8.86. The number of benzene rings is 1. The summed E-state index contributed by atoms with van der Waals surface area (Å²) in [5.74, 6) is -0.902. The number of aliphatic carboxylic acids is 1. The van der Waals surface area contributed by atoms with Crippen LogP contribution in [0.3, 0.4) is 0 Å². The van der Waals surface area contributed by atoms with Gasteiger partial charge in [0.15, 0.2) is 6.10 Å². The Balaban J connectivity index is 2.10. The van der Waals surface area contributed by atoms with Gasteiger partial charge in [0.1, 0.15) is 10.8 Å². The van der Waals surface area contributed by atoms with Gasteiger partial charge in [-0.2, -0.15) is 0 Å². The molecule has 1 aliphatic heterocycles. The predicted molar refractivity (Wildman–Crippen MR) is 94.4 cm³/mol. The first-order valence-electron chi connectivity index (χ1n) is 8.11. The third-order valence-electron chi connectivity index (χ3n) is 4.05. The van der Waals surface area contributed by atoms with Crippen LogP contribution in [-0.2, 0) is 14.3 Å². The fraction of sp³-hybridized carbons (Fsp3) is 0.529. The second-order valence-electron chi connectivity index (χ2n) is 5.83. The zero-order valence-electron chi connectivity index (χ0n) is 13.9. The molecule has 1 fully saturated rings. The molecule has 8 heteroatoms. The first-order chi connectivity index (χ1) is 11.9. The normalized spacial score (nSPS) is 16.3. The van der Waals surface area contributed by atoms with E-state index in [9.17, 15) is 9.59 Å². The largest absolute Gasteiger partial charge is 0.481 e. The smallest absolute Gasteiger partial charge is 0.305 e. The van der Waals surface area contributed by atoms with Crippen molar-refractivity contribution in [3.63, 3.8) is 0 Å². The highest BCUT2D eigenvalue weighted by molar-refractivity contribution is 6.42. The zero-order chi connectivity index (χ0) is 18.4. The molecule has 1 aromatic carbocycles. The number of carboxylic acid groups (broad SMARTS) is 1. The summed E-state index contributed by atoms with van der Waals surface area (Å²) in [6.07, 6.45) is 0.423. The molecule has 1 unspecified atom stereocenters. The van der Waals surface area contributed by atoms with E-state index in [1.165, 1.54) is 0 Å². The Morgan fingerprint density at radius 2 is 2.04 bits per heavy atom. The summed E-state index contributed by atoms with van der Waals surface area (Å²) in [4.78, 5) is 25.4. The average molecular weight is 390 g/mol. The van der Waals surface area contributed by atoms with Crippen LogP contribution >= 0.6 is 23.2 Å². The fourth-order valence-corrected chi connectivity index (χ4v) is 3.07. The minimum absolute atomic E-state index is 0.0542. The van der Waals surface area contributed by atoms with E-state index in [1.54, 1.807) is 30.0 Å². The van der Waals surface area contributed by atoms with Crippen LogP contribution in [0.5, 0.6) is 5.75 Å². The van der Waals surface area contributed by atoms with E-state index in [0.29, 0.717) is 36.8 Å². The van der Waals surface area contributed by atoms with E-state index >= 15 is 0 Å². The molecule has 1 amide bonds. The van der Waals surface area contributed by atoms with E-state index < -0.39 is 12.1 Å². The van der Waals surface area contributed by atoms with Crippen molar-refractivity contribution in [2.75, 3.05) is 19.8 Å². The predicted octanol–water partition coefficient (Wildman–Crippen LogP) is 3.24. The Labute approximate surface area is 156 Å². The summed E-state index contributed by atoms with van der Waals surface area (Å²) in [6, 6.07) is 4.89. The quantitative estimate of drug-likeness (QED) is 0.774. The van der Waals surface area contributed by atoms with Gasteiger partial charge in [0, 0.05) is 25.8 Å². The van der Waals surface area contributed by atoms with Gasteiger partial charge in [0.25, 0.3) is 5.91 Å². The topological polar surface area (TPSA) is 76.1 Å². The number of carbonyl (C=O) groups is 2. The van der Waals surface area contributed by atoms with Crippen LogP contribution < -0.4 is 4.74 Å². The third-order valence-corrected chi connectivity index (χ3v) is 4.85. The summed E-state index contributed by atoms with van der Waals surface area (Å²) < 4.78 is 11.0. The highest BCUT2D eigenvalue weighted by atomic mass is 35.5. The summed E-state index contributed by atoms with van der Waals surface area (Å²) in [7, 11) is 0. The van der Waals surface area contributed by atoms with Gasteiger partial charge < -0.3 is 19.5 Å². The Morgan fingerprint density at radius 3 is 2.68 bits per heavy atom. The number of ether oxygens (including phenoxy) is 2. The Kier molecular flexibility index (Phi) is 7.35. The van der Waals surface area contributed by atoms with Gasteiger partial charge >= 0.3 is 5.97 Å². The van der Waals surface area contributed by atoms with Crippen molar-refractivity contribution in [1.29, 1.82) is 0 Å². The molecule has 25 heavy (non-hydrogen) atoms. The van der Waals surface area contributed by atoms with E-state index in [1.807, 2.05) is 0 Å². The minimum Gasteiger partial charge on any atom is -0.481 e. The Bertz CT molecular complexity index is 619. The number of rotatable bonds is 7. The van der Waals surface area contributed by atoms with Crippen molar-refractivity contribution in [2.45, 2.75) is 38.3 Å². The summed E-state index contributed by atoms with van der Waals surface area (Å²) in [6.45, 7) is 2.86. The molecule has 0 aromatic heterocycles. The monoisotopic (exact) mass is 389 g/mol. The number of hydrogen-bond donors (Lipinski definition) is 1. The number of carbonyl (C=O) groups excluding carboxylic acids is 1. The molecule has 0 saturated carbocycles. The number of halogens is 2. The van der Waals surface area contributed by atoms with Gasteiger partial charge in [-0.3, -0.25) is 9.59 Å². The maximum Gasteiger partial charge on any atom is 0.305 e. The Morgan fingerprint density at radius 1 is 1.36 bits per heavy atom. The van der Waals surface area contributed by atoms with Crippen molar-refractivity contribution in [3.05, 3.63) is 28.2 Å². The lowest BCUT2D eigenvalue weighted by Gasteiger charge is -2.35. The maximum absolute atomic E-state index is 12.8. The number of carboxylic acids is 1. The molecule has 1 N–H and O–H groups in total. The van der Waals surface area contributed by atoms with Crippen LogP contribution in [0.4, 0.5) is 0 Å². The van der Waals surface area contributed by atoms with E-state index in [-0.39, 0.29) is 29.9 Å². The summed E-state index contributed by atoms with van der Waals surface area (Å²) in [5, 5.41) is 9.54. The van der Waals surface area contributed by atoms with E-state index in [4.69, 9.17) is 37.8 Å². The van der Waals surface area contributed by atoms with Gasteiger partial charge in [-0.05, 0) is 31.9 Å². The van der Waals surface area contributed by atoms with Gasteiger partial charge in [-0.15, -0.1) is 0 Å². The number of amides is 1. The molecule has 1 atom stereocenters. The van der Waals surface area contributed by atoms with Gasteiger partial charge in [0.2, 0.25) is 0 Å². The molecule has 6 nitrogen and oxygen atoms in total. The second kappa shape index (κ2) is 9.27. The minimum atomic E-state index is -0.948. The lowest BCUT2D eigenvalue weighted by Crippen LogP contribution is -2.49. The van der Waals surface area contributed by atoms with Gasteiger partial charge in [0.05, 0.1) is 11.4 Å². The molecular weight excluding hydrogens is 369 g/mol. The second-order valence-corrected chi connectivity index (χ2v) is 6.62. The van der Waals surface area contributed by atoms with Gasteiger partial charge in [-0.1, -0.05) is 29.3 Å². The third kappa shape index (κ3) is 5.49. The van der Waals surface area contributed by atoms with E-state index in [2.05, 4.69) is 0 Å². The standard InChI is InChI=1S/C17H21Cl2NO5/c1-11(25-14-4-2-3-13(18)16(14)19)17(23)20(8-5-15(21)22)12-6-9-24-10-7-12/h2-4,11-12H,5-10H2,1H3,(H,21,22). The van der Waals surface area contributed by atoms with Crippen LogP contribution in [0.1, 0.15) is 26.2 Å². The molecular formula is C17H21Cl2NO5. The van der Waals surface area contributed by atoms with Crippen LogP contribution in [0, 0.1) is 0 Å². The van der Waals surface area contributed by atoms with Crippen molar-refractivity contribution >= 4 is 35.1 Å². The lowest BCUT2D eigenvalue weighted by molar-refractivity contribution is -0.144. The maximum atomic E-state index is 12.8. The summed E-state index contributed by atoms with van der Waals surface area (Å²) in [5.41, 5.74) is 0. The van der Waals surface area contributed by atoms with Crippen LogP contribution in [-0.4, -0.2) is 53.8 Å². The average Bonchev–Trinajstić information content (AvgIpc) is 2.59. The highest BCUT2D eigenvalue weighted by Gasteiger charge is 2.30. The highest BCUT2D eigenvalue weighted by Crippen LogP contribution is 2.32. The fourth-order valence-electron chi connectivity index (χ4n) is 2.74. The molecule has 1 aliphatic rings. The molecule has 1 heterocycles. The van der Waals surface area contributed by atoms with Crippen molar-refractivity contribution in [3.8, 4) is 5.75 Å². The van der Waals surface area contributed by atoms with Crippen LogP contribution in [0.2, 0.25) is 10.0 Å².